The predicted molar refractivity (Wildman–Crippen MR) is 63.3 cm³/mol. The number of halogens is 1. The molecule has 0 saturated carbocycles. The maximum Gasteiger partial charge on any atom is 0.341 e. The normalized spacial score (nSPS) is 9.81. The van der Waals surface area contributed by atoms with E-state index >= 15 is 0 Å². The van der Waals surface area contributed by atoms with Crippen molar-refractivity contribution >= 4 is 21.9 Å². The van der Waals surface area contributed by atoms with Gasteiger partial charge in [0.05, 0.1) is 25.8 Å². The molecule has 0 aliphatic heterocycles. The van der Waals surface area contributed by atoms with Crippen molar-refractivity contribution in [2.45, 2.75) is 6.92 Å². The standard InChI is InChI=1S/C11H13BrO4/c1-6-9(12)8(14-2)5-7(10(6)15-3)11(13)16-4/h5H,1-4H3. The molecule has 4 nitrogen and oxygen atoms in total. The molecule has 0 heterocycles. The number of benzene rings is 1. The molecule has 1 aromatic carbocycles. The third kappa shape index (κ3) is 2.14. The second-order valence-corrected chi connectivity index (χ2v) is 3.88. The Morgan fingerprint density at radius 2 is 1.88 bits per heavy atom. The number of carbonyl (C=O) groups is 1. The molecule has 88 valence electrons. The maximum atomic E-state index is 11.6. The van der Waals surface area contributed by atoms with Gasteiger partial charge in [-0.2, -0.15) is 0 Å². The van der Waals surface area contributed by atoms with Crippen molar-refractivity contribution in [3.8, 4) is 11.5 Å². The van der Waals surface area contributed by atoms with Crippen LogP contribution in [0.25, 0.3) is 0 Å². The van der Waals surface area contributed by atoms with E-state index in [1.807, 2.05) is 6.92 Å². The first kappa shape index (κ1) is 12.8. The third-order valence-electron chi connectivity index (χ3n) is 2.24. The molecular formula is C11H13BrO4. The second-order valence-electron chi connectivity index (χ2n) is 3.09. The zero-order chi connectivity index (χ0) is 12.3. The Morgan fingerprint density at radius 1 is 1.25 bits per heavy atom. The van der Waals surface area contributed by atoms with E-state index in [0.717, 1.165) is 10.0 Å². The summed E-state index contributed by atoms with van der Waals surface area (Å²) >= 11 is 3.38. The molecule has 0 bridgehead atoms. The molecule has 0 aromatic heterocycles. The topological polar surface area (TPSA) is 44.8 Å². The van der Waals surface area contributed by atoms with Crippen LogP contribution in [0, 0.1) is 6.92 Å². The van der Waals surface area contributed by atoms with Crippen molar-refractivity contribution < 1.29 is 19.0 Å². The van der Waals surface area contributed by atoms with E-state index in [1.165, 1.54) is 21.3 Å². The number of esters is 1. The summed E-state index contributed by atoms with van der Waals surface area (Å²) in [6.07, 6.45) is 0. The van der Waals surface area contributed by atoms with Gasteiger partial charge in [0.15, 0.2) is 0 Å². The molecule has 0 atom stereocenters. The van der Waals surface area contributed by atoms with Crippen molar-refractivity contribution in [2.75, 3.05) is 21.3 Å². The minimum absolute atomic E-state index is 0.350. The molecule has 0 amide bonds. The Bertz CT molecular complexity index is 415. The number of rotatable bonds is 3. The number of ether oxygens (including phenoxy) is 3. The highest BCUT2D eigenvalue weighted by Gasteiger charge is 2.20. The van der Waals surface area contributed by atoms with Crippen LogP contribution in [-0.4, -0.2) is 27.3 Å². The number of hydrogen-bond acceptors (Lipinski definition) is 4. The molecule has 1 rings (SSSR count). The Balaban J connectivity index is 3.47. The number of carbonyl (C=O) groups excluding carboxylic acids is 1. The van der Waals surface area contributed by atoms with Crippen LogP contribution >= 0.6 is 15.9 Å². The Kier molecular flexibility index (Phi) is 4.18. The van der Waals surface area contributed by atoms with E-state index in [9.17, 15) is 4.79 Å². The van der Waals surface area contributed by atoms with E-state index in [1.54, 1.807) is 6.07 Å². The summed E-state index contributed by atoms with van der Waals surface area (Å²) in [4.78, 5) is 11.6. The maximum absolute atomic E-state index is 11.6. The molecular weight excluding hydrogens is 276 g/mol. The Morgan fingerprint density at radius 3 is 2.31 bits per heavy atom. The first-order valence-corrected chi connectivity index (χ1v) is 5.35. The summed E-state index contributed by atoms with van der Waals surface area (Å²) in [5.74, 6) is 0.601. The van der Waals surface area contributed by atoms with Gasteiger partial charge in [0.25, 0.3) is 0 Å². The summed E-state index contributed by atoms with van der Waals surface area (Å²) in [5.41, 5.74) is 1.14. The van der Waals surface area contributed by atoms with E-state index in [0.29, 0.717) is 17.1 Å². The van der Waals surface area contributed by atoms with Gasteiger partial charge in [-0.1, -0.05) is 0 Å². The molecule has 0 unspecified atom stereocenters. The van der Waals surface area contributed by atoms with Crippen molar-refractivity contribution in [1.29, 1.82) is 0 Å². The molecule has 0 saturated heterocycles. The van der Waals surface area contributed by atoms with Crippen molar-refractivity contribution in [1.82, 2.24) is 0 Å². The lowest BCUT2D eigenvalue weighted by atomic mass is 10.1. The van der Waals surface area contributed by atoms with E-state index in [4.69, 9.17) is 9.47 Å². The van der Waals surface area contributed by atoms with E-state index < -0.39 is 5.97 Å². The summed E-state index contributed by atoms with van der Waals surface area (Å²) in [6, 6.07) is 1.59. The second kappa shape index (κ2) is 5.21. The molecule has 16 heavy (non-hydrogen) atoms. The van der Waals surface area contributed by atoms with Gasteiger partial charge in [-0.15, -0.1) is 0 Å². The summed E-state index contributed by atoms with van der Waals surface area (Å²) in [7, 11) is 4.37. The fourth-order valence-electron chi connectivity index (χ4n) is 1.42. The van der Waals surface area contributed by atoms with Crippen molar-refractivity contribution in [3.63, 3.8) is 0 Å². The van der Waals surface area contributed by atoms with Crippen LogP contribution < -0.4 is 9.47 Å². The average Bonchev–Trinajstić information content (AvgIpc) is 2.31. The van der Waals surface area contributed by atoms with Gasteiger partial charge in [0, 0.05) is 5.56 Å². The first-order chi connectivity index (χ1) is 7.56. The molecule has 0 N–H and O–H groups in total. The zero-order valence-corrected chi connectivity index (χ0v) is 11.2. The molecule has 0 aliphatic carbocycles. The van der Waals surface area contributed by atoms with E-state index in [2.05, 4.69) is 20.7 Å². The highest BCUT2D eigenvalue weighted by molar-refractivity contribution is 9.10. The minimum atomic E-state index is -0.453. The highest BCUT2D eigenvalue weighted by atomic mass is 79.9. The number of methoxy groups -OCH3 is 3. The van der Waals surface area contributed by atoms with Gasteiger partial charge in [-0.25, -0.2) is 4.79 Å². The largest absolute Gasteiger partial charge is 0.496 e. The Labute approximate surface area is 103 Å². The van der Waals surface area contributed by atoms with Crippen LogP contribution in [0.2, 0.25) is 0 Å². The summed E-state index contributed by atoms with van der Waals surface area (Å²) in [5, 5.41) is 0. The monoisotopic (exact) mass is 288 g/mol. The molecule has 0 radical (unpaired) electrons. The number of hydrogen-bond donors (Lipinski definition) is 0. The van der Waals surface area contributed by atoms with Gasteiger partial charge in [-0.3, -0.25) is 0 Å². The van der Waals surface area contributed by atoms with Gasteiger partial charge in [0.2, 0.25) is 0 Å². The predicted octanol–water partition coefficient (Wildman–Crippen LogP) is 2.56. The van der Waals surface area contributed by atoms with Crippen LogP contribution in [0.15, 0.2) is 10.5 Å². The molecule has 5 heteroatoms. The van der Waals surface area contributed by atoms with Crippen LogP contribution in [0.4, 0.5) is 0 Å². The molecule has 0 spiro atoms. The summed E-state index contributed by atoms with van der Waals surface area (Å²) in [6.45, 7) is 1.83. The fourth-order valence-corrected chi connectivity index (χ4v) is 1.88. The third-order valence-corrected chi connectivity index (χ3v) is 3.22. The van der Waals surface area contributed by atoms with E-state index in [-0.39, 0.29) is 0 Å². The molecule has 1 aromatic rings. The quantitative estimate of drug-likeness (QED) is 0.802. The first-order valence-electron chi connectivity index (χ1n) is 4.56. The van der Waals surface area contributed by atoms with Gasteiger partial charge >= 0.3 is 5.97 Å². The lowest BCUT2D eigenvalue weighted by Crippen LogP contribution is -2.06. The smallest absolute Gasteiger partial charge is 0.341 e. The van der Waals surface area contributed by atoms with Crippen molar-refractivity contribution in [3.05, 3.63) is 21.7 Å². The molecule has 0 fully saturated rings. The zero-order valence-electron chi connectivity index (χ0n) is 9.59. The van der Waals surface area contributed by atoms with Crippen LogP contribution in [0.3, 0.4) is 0 Å². The van der Waals surface area contributed by atoms with Crippen LogP contribution in [0.1, 0.15) is 15.9 Å². The lowest BCUT2D eigenvalue weighted by Gasteiger charge is -2.14. The average molecular weight is 289 g/mol. The van der Waals surface area contributed by atoms with Gasteiger partial charge < -0.3 is 14.2 Å². The fraction of sp³-hybridized carbons (Fsp3) is 0.364. The minimum Gasteiger partial charge on any atom is -0.496 e. The molecule has 0 aliphatic rings. The van der Waals surface area contributed by atoms with Crippen molar-refractivity contribution in [2.24, 2.45) is 0 Å². The van der Waals surface area contributed by atoms with Gasteiger partial charge in [0.1, 0.15) is 17.1 Å². The SMILES string of the molecule is COC(=O)c1cc(OC)c(Br)c(C)c1OC. The summed E-state index contributed by atoms with van der Waals surface area (Å²) < 4.78 is 15.8. The van der Waals surface area contributed by atoms with Gasteiger partial charge in [-0.05, 0) is 28.9 Å². The highest BCUT2D eigenvalue weighted by Crippen LogP contribution is 2.37. The van der Waals surface area contributed by atoms with Crippen LogP contribution in [-0.2, 0) is 4.74 Å². The Hall–Kier alpha value is -1.23. The van der Waals surface area contributed by atoms with Crippen LogP contribution in [0.5, 0.6) is 11.5 Å². The lowest BCUT2D eigenvalue weighted by molar-refractivity contribution is 0.0596.